The molecule has 4 aromatic heterocycles. The quantitative estimate of drug-likeness (QED) is 0.161. The molecule has 9 nitrogen and oxygen atoms in total. The second-order valence-corrected chi connectivity index (χ2v) is 13.1. The van der Waals surface area contributed by atoms with Crippen molar-refractivity contribution in [2.75, 3.05) is 13.2 Å². The summed E-state index contributed by atoms with van der Waals surface area (Å²) in [6, 6.07) is 0.764. The Balaban J connectivity index is 0.000000144. The van der Waals surface area contributed by atoms with E-state index < -0.39 is 0 Å². The lowest BCUT2D eigenvalue weighted by molar-refractivity contribution is -0.181. The minimum absolute atomic E-state index is 0.320. The van der Waals surface area contributed by atoms with Crippen molar-refractivity contribution in [1.82, 2.24) is 29.1 Å². The van der Waals surface area contributed by atoms with Crippen LogP contribution in [-0.2, 0) is 14.3 Å². The molecule has 13 heteroatoms. The first-order valence-corrected chi connectivity index (χ1v) is 15.9. The summed E-state index contributed by atoms with van der Waals surface area (Å²) in [6.07, 6.45) is 14.3. The number of hydrogen-bond donors (Lipinski definition) is 0. The molecule has 39 heavy (non-hydrogen) atoms. The monoisotopic (exact) mass is 794 g/mol. The van der Waals surface area contributed by atoms with Gasteiger partial charge in [-0.3, -0.25) is 4.79 Å². The molecular weight excluding hydrogens is 769 g/mol. The fourth-order valence-corrected chi connectivity index (χ4v) is 8.25. The Morgan fingerprint density at radius 3 is 1.72 bits per heavy atom. The molecule has 0 unspecified atom stereocenters. The third-order valence-corrected chi connectivity index (χ3v) is 10.1. The lowest BCUT2D eigenvalue weighted by Gasteiger charge is -2.36. The molecule has 206 valence electrons. The second kappa shape index (κ2) is 11.6. The van der Waals surface area contributed by atoms with Gasteiger partial charge in [-0.1, -0.05) is 23.2 Å². The summed E-state index contributed by atoms with van der Waals surface area (Å²) >= 11 is 16.9. The highest BCUT2D eigenvalue weighted by Crippen LogP contribution is 2.42. The number of carbonyl (C=O) groups excluding carboxylic acids is 1. The number of hydrogen-bond acceptors (Lipinski definition) is 7. The minimum atomic E-state index is -0.320. The van der Waals surface area contributed by atoms with Gasteiger partial charge in [0, 0.05) is 57.3 Å². The molecule has 7 rings (SSSR count). The molecule has 0 bridgehead atoms. The maximum atomic E-state index is 11.3. The van der Waals surface area contributed by atoms with Crippen molar-refractivity contribution in [3.8, 4) is 0 Å². The largest absolute Gasteiger partial charge is 0.348 e. The van der Waals surface area contributed by atoms with E-state index in [1.165, 1.54) is 12.7 Å². The summed E-state index contributed by atoms with van der Waals surface area (Å²) in [7, 11) is 0. The lowest BCUT2D eigenvalue weighted by atomic mass is 9.90. The van der Waals surface area contributed by atoms with Crippen molar-refractivity contribution in [2.24, 2.45) is 0 Å². The molecule has 3 aliphatic rings. The maximum absolute atomic E-state index is 11.3. The maximum Gasteiger partial charge on any atom is 0.168 e. The number of aromatic nitrogens is 6. The summed E-state index contributed by atoms with van der Waals surface area (Å²) in [5, 5.41) is 2.89. The minimum Gasteiger partial charge on any atom is -0.348 e. The molecule has 0 aromatic carbocycles. The number of rotatable bonds is 2. The van der Waals surface area contributed by atoms with E-state index in [1.807, 2.05) is 0 Å². The number of ether oxygens (including phenoxy) is 2. The van der Waals surface area contributed by atoms with Gasteiger partial charge in [0.1, 0.15) is 40.0 Å². The molecule has 2 aliphatic carbocycles. The fraction of sp³-hybridized carbons (Fsp3) is 0.500. The van der Waals surface area contributed by atoms with Crippen molar-refractivity contribution < 1.29 is 14.3 Å². The van der Waals surface area contributed by atoms with Gasteiger partial charge in [0.15, 0.2) is 5.79 Å². The van der Waals surface area contributed by atoms with Gasteiger partial charge in [-0.2, -0.15) is 0 Å². The van der Waals surface area contributed by atoms with Crippen LogP contribution in [0.25, 0.3) is 22.1 Å². The molecule has 3 fully saturated rings. The van der Waals surface area contributed by atoms with Crippen molar-refractivity contribution in [3.05, 3.63) is 42.5 Å². The average molecular weight is 795 g/mol. The van der Waals surface area contributed by atoms with Crippen molar-refractivity contribution in [2.45, 2.75) is 69.2 Å². The van der Waals surface area contributed by atoms with Crippen LogP contribution in [0.1, 0.15) is 63.5 Å². The first kappa shape index (κ1) is 28.0. The highest BCUT2D eigenvalue weighted by atomic mass is 127. The number of fused-ring (bicyclic) bond motifs is 2. The van der Waals surface area contributed by atoms with Gasteiger partial charge in [-0.15, -0.1) is 0 Å². The fourth-order valence-electron chi connectivity index (χ4n) is 5.87. The molecule has 2 saturated carbocycles. The van der Waals surface area contributed by atoms with E-state index >= 15 is 0 Å². The molecule has 1 aliphatic heterocycles. The van der Waals surface area contributed by atoms with Crippen LogP contribution in [0, 0.1) is 7.14 Å². The first-order chi connectivity index (χ1) is 18.8. The Labute approximate surface area is 262 Å². The third kappa shape index (κ3) is 5.55. The Bertz CT molecular complexity index is 1520. The molecule has 5 heterocycles. The van der Waals surface area contributed by atoms with Crippen LogP contribution in [0.4, 0.5) is 0 Å². The summed E-state index contributed by atoms with van der Waals surface area (Å²) in [4.78, 5) is 28.2. The van der Waals surface area contributed by atoms with Crippen LogP contribution in [0.15, 0.2) is 25.0 Å². The molecule has 0 N–H and O–H groups in total. The predicted molar refractivity (Wildman–Crippen MR) is 165 cm³/mol. The highest BCUT2D eigenvalue weighted by molar-refractivity contribution is 14.1. The standard InChI is InChI=1S/C14H15ClIN3O2.C12H11ClIN3O/c15-12-11-10(16)7-19(13(11)18-8-17-12)9-1-3-14(4-2-9)20-5-6-21-14;13-11-10-9(14)5-17(12(10)16-6-15-11)7-1-3-8(18)4-2-7/h7-9H,1-6H2;5-7H,1-4H2. The van der Waals surface area contributed by atoms with E-state index in [0.29, 0.717) is 41.0 Å². The van der Waals surface area contributed by atoms with Gasteiger partial charge in [-0.25, -0.2) is 19.9 Å². The van der Waals surface area contributed by atoms with E-state index in [9.17, 15) is 4.79 Å². The van der Waals surface area contributed by atoms with Crippen LogP contribution in [0.5, 0.6) is 0 Å². The Kier molecular flexibility index (Phi) is 8.35. The summed E-state index contributed by atoms with van der Waals surface area (Å²) in [5.41, 5.74) is 1.80. The van der Waals surface area contributed by atoms with E-state index in [0.717, 1.165) is 80.9 Å². The highest BCUT2D eigenvalue weighted by Gasteiger charge is 2.41. The first-order valence-electron chi connectivity index (χ1n) is 13.0. The van der Waals surface area contributed by atoms with Crippen LogP contribution in [0.2, 0.25) is 10.3 Å². The van der Waals surface area contributed by atoms with Gasteiger partial charge in [0.05, 0.1) is 24.0 Å². The van der Waals surface area contributed by atoms with Crippen molar-refractivity contribution in [3.63, 3.8) is 0 Å². The normalized spacial score (nSPS) is 20.2. The molecule has 0 amide bonds. The number of carbonyl (C=O) groups is 1. The lowest BCUT2D eigenvalue weighted by Crippen LogP contribution is -2.35. The van der Waals surface area contributed by atoms with Gasteiger partial charge < -0.3 is 18.6 Å². The van der Waals surface area contributed by atoms with Crippen LogP contribution in [-0.4, -0.2) is 53.9 Å². The van der Waals surface area contributed by atoms with Crippen molar-refractivity contribution >= 4 is 96.2 Å². The van der Waals surface area contributed by atoms with E-state index in [1.54, 1.807) is 0 Å². The van der Waals surface area contributed by atoms with E-state index in [4.69, 9.17) is 32.7 Å². The number of ketones is 1. The zero-order chi connectivity index (χ0) is 27.1. The SMILES string of the molecule is Clc1ncnc2c1c(I)cn2C1CCC2(CC1)OCCO2.O=C1CCC(n2cc(I)c3c(Cl)ncnc32)CC1. The van der Waals surface area contributed by atoms with Crippen LogP contribution >= 0.6 is 68.4 Å². The topological polar surface area (TPSA) is 97.0 Å². The zero-order valence-corrected chi connectivity index (χ0v) is 26.8. The van der Waals surface area contributed by atoms with Crippen LogP contribution < -0.4 is 0 Å². The third-order valence-electron chi connectivity index (χ3n) is 7.86. The van der Waals surface area contributed by atoms with Gasteiger partial charge in [-0.05, 0) is 70.9 Å². The molecule has 1 saturated heterocycles. The summed E-state index contributed by atoms with van der Waals surface area (Å²) < 4.78 is 18.1. The molecular formula is C26H26Cl2I2N6O3. The van der Waals surface area contributed by atoms with Crippen LogP contribution in [0.3, 0.4) is 0 Å². The summed E-state index contributed by atoms with van der Waals surface area (Å²) in [5.74, 6) is 0.0456. The van der Waals surface area contributed by atoms with E-state index in [-0.39, 0.29) is 5.79 Å². The second-order valence-electron chi connectivity index (χ2n) is 10.1. The number of nitrogens with zero attached hydrogens (tertiary/aromatic N) is 6. The molecule has 1 spiro atoms. The van der Waals surface area contributed by atoms with Crippen molar-refractivity contribution in [1.29, 1.82) is 0 Å². The number of halogens is 4. The van der Waals surface area contributed by atoms with E-state index in [2.05, 4.69) is 86.6 Å². The average Bonchev–Trinajstić information content (AvgIpc) is 3.63. The summed E-state index contributed by atoms with van der Waals surface area (Å²) in [6.45, 7) is 1.44. The molecule has 0 atom stereocenters. The van der Waals surface area contributed by atoms with Gasteiger partial charge in [0.25, 0.3) is 0 Å². The molecule has 4 aromatic rings. The van der Waals surface area contributed by atoms with Gasteiger partial charge >= 0.3 is 0 Å². The smallest absolute Gasteiger partial charge is 0.168 e. The Morgan fingerprint density at radius 2 is 1.23 bits per heavy atom. The predicted octanol–water partition coefficient (Wildman–Crippen LogP) is 6.92. The Hall–Kier alpha value is -1.13. The number of Topliss-reactive ketones (excluding diaryl/α,β-unsaturated/α-hetero) is 1. The zero-order valence-electron chi connectivity index (χ0n) is 21.0. The molecule has 0 radical (unpaired) electrons. The van der Waals surface area contributed by atoms with Gasteiger partial charge in [0.2, 0.25) is 0 Å². The Morgan fingerprint density at radius 1 is 0.769 bits per heavy atom.